The molecule has 53 heavy (non-hydrogen) atoms. The van der Waals surface area contributed by atoms with Crippen LogP contribution >= 0.6 is 9.39 Å². The molecule has 3 N–H and O–H groups in total. The average molecular weight is 771 g/mol. The van der Waals surface area contributed by atoms with Crippen molar-refractivity contribution in [3.8, 4) is 0 Å². The second-order valence-corrected chi connectivity index (χ2v) is 16.5. The summed E-state index contributed by atoms with van der Waals surface area (Å²) in [5.41, 5.74) is -1.73. The van der Waals surface area contributed by atoms with Crippen molar-refractivity contribution in [2.24, 2.45) is 28.8 Å². The first-order valence-corrected chi connectivity index (χ1v) is 19.3. The number of cyclic esters (lactones) is 1. The van der Waals surface area contributed by atoms with E-state index in [-0.39, 0.29) is 31.8 Å². The maximum atomic E-state index is 14.2. The fourth-order valence-electron chi connectivity index (χ4n) is 7.93. The van der Waals surface area contributed by atoms with Gasteiger partial charge in [0.1, 0.15) is 30.3 Å². The van der Waals surface area contributed by atoms with Crippen LogP contribution in [-0.2, 0) is 39.8 Å². The molecule has 0 radical (unpaired) electrons. The maximum Gasteiger partial charge on any atom is 0.316 e. The number of esters is 1. The lowest BCUT2D eigenvalue weighted by atomic mass is 9.75. The van der Waals surface area contributed by atoms with Gasteiger partial charge in [-0.3, -0.25) is 9.59 Å². The van der Waals surface area contributed by atoms with E-state index in [2.05, 4.69) is 29.8 Å². The highest BCUT2D eigenvalue weighted by molar-refractivity contribution is 7.14. The van der Waals surface area contributed by atoms with E-state index in [1.165, 1.54) is 13.8 Å². The van der Waals surface area contributed by atoms with E-state index in [0.717, 1.165) is 5.69 Å². The van der Waals surface area contributed by atoms with Crippen molar-refractivity contribution < 1.29 is 48.7 Å². The van der Waals surface area contributed by atoms with Gasteiger partial charge >= 0.3 is 5.97 Å². The number of fused-ring (bicyclic) bond motifs is 2. The first-order chi connectivity index (χ1) is 24.8. The van der Waals surface area contributed by atoms with Crippen molar-refractivity contribution in [2.45, 2.75) is 128 Å². The number of hydrogen-bond acceptors (Lipinski definition) is 15. The number of carbonyl (C=O) groups excluding carboxylic acids is 2. The fraction of sp³-hybridized carbons (Fsp3) is 0.861. The van der Waals surface area contributed by atoms with Crippen LogP contribution in [0, 0.1) is 23.7 Å². The van der Waals surface area contributed by atoms with E-state index in [4.69, 9.17) is 23.8 Å². The largest absolute Gasteiger partial charge is 0.459 e. The average Bonchev–Trinajstić information content (AvgIpc) is 3.72. The minimum atomic E-state index is -1.89. The first-order valence-electron chi connectivity index (χ1n) is 18.8. The second-order valence-electron chi connectivity index (χ2n) is 16.0. The predicted octanol–water partition coefficient (Wildman–Crippen LogP) is 1.29. The van der Waals surface area contributed by atoms with Crippen LogP contribution in [0.1, 0.15) is 73.4 Å². The van der Waals surface area contributed by atoms with Gasteiger partial charge in [-0.15, -0.1) is 5.10 Å². The summed E-state index contributed by atoms with van der Waals surface area (Å²) < 4.78 is 26.8. The summed E-state index contributed by atoms with van der Waals surface area (Å²) in [7, 11) is 8.22. The Bertz CT molecular complexity index is 1410. The summed E-state index contributed by atoms with van der Waals surface area (Å²) in [5, 5.41) is 47.8. The van der Waals surface area contributed by atoms with E-state index < -0.39 is 77.3 Å². The molecule has 3 aliphatic heterocycles. The zero-order valence-corrected chi connectivity index (χ0v) is 34.2. The lowest BCUT2D eigenvalue weighted by Crippen LogP contribution is -2.59. The summed E-state index contributed by atoms with van der Waals surface area (Å²) >= 11 is 0. The zero-order chi connectivity index (χ0) is 39.4. The molecule has 16 nitrogen and oxygen atoms in total. The highest BCUT2D eigenvalue weighted by Crippen LogP contribution is 2.42. The molecule has 3 saturated heterocycles. The van der Waals surface area contributed by atoms with Gasteiger partial charge in [-0.05, 0) is 77.5 Å². The van der Waals surface area contributed by atoms with E-state index in [1.54, 1.807) is 25.2 Å². The van der Waals surface area contributed by atoms with Crippen molar-refractivity contribution in [1.82, 2.24) is 24.6 Å². The van der Waals surface area contributed by atoms with Crippen LogP contribution in [0.3, 0.4) is 0 Å². The van der Waals surface area contributed by atoms with Gasteiger partial charge in [0.15, 0.2) is 12.1 Å². The predicted molar refractivity (Wildman–Crippen MR) is 199 cm³/mol. The third-order valence-electron chi connectivity index (χ3n) is 11.3. The highest BCUT2D eigenvalue weighted by atomic mass is 31.0. The molecule has 0 amide bonds. The number of nitrogens with zero attached hydrogens (tertiary/aromatic N) is 6. The summed E-state index contributed by atoms with van der Waals surface area (Å²) in [6, 6.07) is -0.336. The molecule has 17 heteroatoms. The molecular weight excluding hydrogens is 707 g/mol. The molecule has 1 aromatic heterocycles. The van der Waals surface area contributed by atoms with Crippen molar-refractivity contribution in [3.05, 3.63) is 11.9 Å². The summed E-state index contributed by atoms with van der Waals surface area (Å²) in [6.07, 6.45) is -2.54. The third kappa shape index (κ3) is 10.2. The number of carbonyl (C=O) groups is 2. The highest BCUT2D eigenvalue weighted by Gasteiger charge is 2.54. The van der Waals surface area contributed by atoms with Crippen molar-refractivity contribution in [2.75, 3.05) is 47.4 Å². The molecule has 1 aromatic rings. The van der Waals surface area contributed by atoms with Crippen molar-refractivity contribution in [3.63, 3.8) is 0 Å². The standard InChI is InChI=1S/C36H63N6O10P/c1-11-27-36(7,47)31(45)21(3)28(38-49-15-14-40(8)9)24-17-35(6,48-19-24)32(22(4)29(43)23(5)33(46)51-27)52-34-30(44)26(16-20(2)50-34)41(10)13-12-25-18-42(53)39-37-25/h18,20-24,26-27,30-32,34,44-45,47H,11-17,19,53H2,1-10H3/b38-28-/t20-,21+,22+,23-,24+,26+,27-,30-,31-,32-,34+,35-,36-/m1/s1. The Morgan fingerprint density at radius 2 is 1.81 bits per heavy atom. The number of oxime groups is 1. The minimum absolute atomic E-state index is 0.158. The minimum Gasteiger partial charge on any atom is -0.459 e. The Morgan fingerprint density at radius 1 is 1.11 bits per heavy atom. The van der Waals surface area contributed by atoms with Crippen LogP contribution in [0.15, 0.2) is 11.4 Å². The monoisotopic (exact) mass is 770 g/mol. The quantitative estimate of drug-likeness (QED) is 0.0960. The Kier molecular flexibility index (Phi) is 15.0. The van der Waals surface area contributed by atoms with E-state index >= 15 is 0 Å². The normalized spacial score (nSPS) is 39.8. The molecule has 1 unspecified atom stereocenters. The number of ether oxygens (including phenoxy) is 4. The van der Waals surface area contributed by atoms with Gasteiger partial charge in [-0.2, -0.15) is 0 Å². The van der Waals surface area contributed by atoms with Gasteiger partial charge in [0.05, 0.1) is 48.1 Å². The Morgan fingerprint density at radius 3 is 2.43 bits per heavy atom. The molecule has 0 aromatic carbocycles. The summed E-state index contributed by atoms with van der Waals surface area (Å²) in [4.78, 5) is 37.5. The lowest BCUT2D eigenvalue weighted by Gasteiger charge is -2.46. The van der Waals surface area contributed by atoms with Gasteiger partial charge in [0.2, 0.25) is 0 Å². The second kappa shape index (κ2) is 18.2. The topological polar surface area (TPSA) is 191 Å². The SMILES string of the molecule is CC[C@H]1OC(=O)[C@H](C)C(=O)[C@H](C)[C@@H](O[C@@H]2O[C@H](C)C[C@H](N(C)CCc3cn(P)nn3)[C@H]2O)[C@@]2(C)C[C@@H](CO2)/C(=N\OCCN(C)C)[C@H](C)[C@@H](O)[C@]1(C)O. The van der Waals surface area contributed by atoms with Crippen molar-refractivity contribution >= 4 is 26.9 Å². The number of likely N-dealkylation sites (N-methyl/N-ethyl adjacent to an activating group) is 2. The van der Waals surface area contributed by atoms with Crippen LogP contribution in [0.2, 0.25) is 0 Å². The molecule has 2 bridgehead atoms. The Labute approximate surface area is 316 Å². The zero-order valence-electron chi connectivity index (χ0n) is 33.0. The third-order valence-corrected chi connectivity index (χ3v) is 11.6. The van der Waals surface area contributed by atoms with E-state index in [1.807, 2.05) is 46.1 Å². The molecule has 14 atom stereocenters. The number of aromatic nitrogens is 3. The molecule has 302 valence electrons. The van der Waals surface area contributed by atoms with Gasteiger partial charge in [0, 0.05) is 43.3 Å². The molecule has 3 aliphatic rings. The molecule has 0 spiro atoms. The van der Waals surface area contributed by atoms with Crippen molar-refractivity contribution in [1.29, 1.82) is 0 Å². The smallest absolute Gasteiger partial charge is 0.316 e. The summed E-state index contributed by atoms with van der Waals surface area (Å²) in [5.74, 6) is -4.56. The number of aliphatic hydroxyl groups excluding tert-OH is 2. The molecule has 0 saturated carbocycles. The van der Waals surface area contributed by atoms with Crippen LogP contribution in [-0.4, -0.2) is 159 Å². The maximum absolute atomic E-state index is 14.2. The van der Waals surface area contributed by atoms with Crippen LogP contribution < -0.4 is 0 Å². The Balaban J connectivity index is 1.69. The number of Topliss-reactive ketones (excluding diaryl/α,β-unsaturated/α-hetero) is 1. The number of hydrogen-bond donors (Lipinski definition) is 3. The molecule has 0 aliphatic carbocycles. The molecular formula is C36H63N6O10P. The van der Waals surface area contributed by atoms with Crippen LogP contribution in [0.25, 0.3) is 0 Å². The van der Waals surface area contributed by atoms with Gasteiger partial charge in [0.25, 0.3) is 0 Å². The van der Waals surface area contributed by atoms with Gasteiger partial charge in [-0.25, -0.2) is 4.45 Å². The van der Waals surface area contributed by atoms with Crippen LogP contribution in [0.4, 0.5) is 0 Å². The lowest BCUT2D eigenvalue weighted by molar-refractivity contribution is -0.293. The van der Waals surface area contributed by atoms with Crippen LogP contribution in [0.5, 0.6) is 0 Å². The molecule has 4 rings (SSSR count). The molecule has 3 fully saturated rings. The number of aliphatic hydroxyl groups is 3. The fourth-order valence-corrected chi connectivity index (χ4v) is 8.16. The van der Waals surface area contributed by atoms with E-state index in [9.17, 15) is 24.9 Å². The Hall–Kier alpha value is -2.14. The number of rotatable bonds is 11. The summed E-state index contributed by atoms with van der Waals surface area (Å²) in [6.45, 7) is 13.5. The van der Waals surface area contributed by atoms with Gasteiger partial charge in [-0.1, -0.05) is 31.1 Å². The van der Waals surface area contributed by atoms with Gasteiger partial charge < -0.3 is 48.9 Å². The number of ketones is 1. The first kappa shape index (κ1) is 43.6. The van der Waals surface area contributed by atoms with E-state index in [0.29, 0.717) is 38.1 Å². The molecule has 4 heterocycles.